The molecule has 3 saturated heterocycles. The number of benzene rings is 2. The van der Waals surface area contributed by atoms with Gasteiger partial charge in [0.15, 0.2) is 5.79 Å². The van der Waals surface area contributed by atoms with Crippen LogP contribution in [-0.4, -0.2) is 66.2 Å². The van der Waals surface area contributed by atoms with E-state index >= 15 is 0 Å². The van der Waals surface area contributed by atoms with Crippen LogP contribution in [-0.2, 0) is 14.2 Å². The molecule has 4 atom stereocenters. The Labute approximate surface area is 196 Å². The molecule has 6 nitrogen and oxygen atoms in total. The third-order valence-electron chi connectivity index (χ3n) is 7.19. The van der Waals surface area contributed by atoms with Gasteiger partial charge in [-0.05, 0) is 37.8 Å². The molecule has 0 N–H and O–H groups in total. The summed E-state index contributed by atoms with van der Waals surface area (Å²) in [5.41, 5.74) is 2.54. The lowest BCUT2D eigenvalue weighted by atomic mass is 9.96. The number of carbonyl (C=O) groups is 1. The van der Waals surface area contributed by atoms with E-state index in [0.29, 0.717) is 13.1 Å². The second-order valence-corrected chi connectivity index (χ2v) is 9.60. The van der Waals surface area contributed by atoms with Gasteiger partial charge in [0.2, 0.25) is 0 Å². The fraction of sp³-hybridized carbons (Fsp3) is 0.519. The van der Waals surface area contributed by atoms with Gasteiger partial charge in [0.1, 0.15) is 12.2 Å². The van der Waals surface area contributed by atoms with Crippen LogP contribution in [0.25, 0.3) is 0 Å². The molecule has 0 saturated carbocycles. The summed E-state index contributed by atoms with van der Waals surface area (Å²) in [5, 5.41) is 0. The first-order valence-electron chi connectivity index (χ1n) is 12.2. The van der Waals surface area contributed by atoms with E-state index in [0.717, 1.165) is 32.4 Å². The van der Waals surface area contributed by atoms with Gasteiger partial charge in [0.25, 0.3) is 0 Å². The Morgan fingerprint density at radius 1 is 0.970 bits per heavy atom. The van der Waals surface area contributed by atoms with Crippen molar-refractivity contribution in [1.82, 2.24) is 9.80 Å². The SMILES string of the molecule is C[C@H](OC(=O)N1CCN(C(c2ccccc2)c2ccccc2)CC1)[C@@H]1O[C@@]2(C)CCC[C@H]1O2. The molecular formula is C27H34N2O4. The predicted molar refractivity (Wildman–Crippen MR) is 126 cm³/mol. The molecule has 0 radical (unpaired) electrons. The van der Waals surface area contributed by atoms with Crippen molar-refractivity contribution in [2.24, 2.45) is 0 Å². The second kappa shape index (κ2) is 9.45. The van der Waals surface area contributed by atoms with Crippen LogP contribution in [0.1, 0.15) is 50.3 Å². The lowest BCUT2D eigenvalue weighted by Crippen LogP contribution is -2.51. The summed E-state index contributed by atoms with van der Waals surface area (Å²) >= 11 is 0. The van der Waals surface area contributed by atoms with Gasteiger partial charge in [-0.2, -0.15) is 0 Å². The van der Waals surface area contributed by atoms with Crippen molar-refractivity contribution >= 4 is 6.09 Å². The molecular weight excluding hydrogens is 416 g/mol. The van der Waals surface area contributed by atoms with Crippen LogP contribution >= 0.6 is 0 Å². The normalized spacial score (nSPS) is 28.6. The zero-order valence-electron chi connectivity index (χ0n) is 19.6. The quantitative estimate of drug-likeness (QED) is 0.666. The van der Waals surface area contributed by atoms with Gasteiger partial charge in [0, 0.05) is 32.6 Å². The van der Waals surface area contributed by atoms with E-state index in [1.54, 1.807) is 0 Å². The van der Waals surface area contributed by atoms with E-state index in [4.69, 9.17) is 14.2 Å². The maximum atomic E-state index is 12.9. The fourth-order valence-electron chi connectivity index (χ4n) is 5.49. The smallest absolute Gasteiger partial charge is 0.410 e. The third kappa shape index (κ3) is 4.79. The van der Waals surface area contributed by atoms with Crippen LogP contribution in [0.5, 0.6) is 0 Å². The number of ether oxygens (including phenoxy) is 3. The van der Waals surface area contributed by atoms with Gasteiger partial charge in [0.05, 0.1) is 12.1 Å². The first-order chi connectivity index (χ1) is 16.0. The van der Waals surface area contributed by atoms with Gasteiger partial charge in [-0.25, -0.2) is 4.79 Å². The standard InChI is InChI=1S/C27H34N2O4/c1-20(25-23-14-9-15-27(2,32-23)33-25)31-26(30)29-18-16-28(17-19-29)24(21-10-5-3-6-11-21)22-12-7-4-8-13-22/h3-8,10-13,20,23-25H,9,14-19H2,1-2H3/t20-,23+,25-,27-/m0/s1. The van der Waals surface area contributed by atoms with E-state index in [9.17, 15) is 4.79 Å². The van der Waals surface area contributed by atoms with E-state index < -0.39 is 5.79 Å². The van der Waals surface area contributed by atoms with Crippen LogP contribution in [0.3, 0.4) is 0 Å². The van der Waals surface area contributed by atoms with E-state index in [-0.39, 0.29) is 30.4 Å². The lowest BCUT2D eigenvalue weighted by Gasteiger charge is -2.39. The molecule has 0 unspecified atom stereocenters. The zero-order valence-corrected chi connectivity index (χ0v) is 19.6. The highest BCUT2D eigenvalue weighted by Gasteiger charge is 2.50. The molecule has 2 bridgehead atoms. The van der Waals surface area contributed by atoms with Crippen LogP contribution in [0.2, 0.25) is 0 Å². The maximum Gasteiger partial charge on any atom is 0.410 e. The van der Waals surface area contributed by atoms with E-state index in [2.05, 4.69) is 53.4 Å². The molecule has 33 heavy (non-hydrogen) atoms. The van der Waals surface area contributed by atoms with Crippen LogP contribution in [0, 0.1) is 0 Å². The Hall–Kier alpha value is -2.41. The molecule has 3 aliphatic heterocycles. The Balaban J connectivity index is 1.21. The highest BCUT2D eigenvalue weighted by molar-refractivity contribution is 5.68. The summed E-state index contributed by atoms with van der Waals surface area (Å²) in [6.45, 7) is 6.79. The fourth-order valence-corrected chi connectivity index (χ4v) is 5.49. The third-order valence-corrected chi connectivity index (χ3v) is 7.19. The number of nitrogens with zero attached hydrogens (tertiary/aromatic N) is 2. The number of rotatable bonds is 5. The number of hydrogen-bond acceptors (Lipinski definition) is 5. The average molecular weight is 451 g/mol. The molecule has 6 heteroatoms. The molecule has 0 aromatic heterocycles. The van der Waals surface area contributed by atoms with Crippen molar-refractivity contribution in [3.8, 4) is 0 Å². The molecule has 5 rings (SSSR count). The van der Waals surface area contributed by atoms with Gasteiger partial charge in [-0.3, -0.25) is 4.90 Å². The second-order valence-electron chi connectivity index (χ2n) is 9.60. The Kier molecular flexibility index (Phi) is 6.41. The number of fused-ring (bicyclic) bond motifs is 2. The Bertz CT molecular complexity index is 892. The van der Waals surface area contributed by atoms with Crippen molar-refractivity contribution < 1.29 is 19.0 Å². The topological polar surface area (TPSA) is 51.2 Å². The van der Waals surface area contributed by atoms with Gasteiger partial charge in [-0.1, -0.05) is 60.7 Å². The van der Waals surface area contributed by atoms with Crippen LogP contribution in [0.15, 0.2) is 60.7 Å². The molecule has 176 valence electrons. The summed E-state index contributed by atoms with van der Waals surface area (Å²) in [4.78, 5) is 17.2. The largest absolute Gasteiger partial charge is 0.444 e. The summed E-state index contributed by atoms with van der Waals surface area (Å²) in [6, 6.07) is 21.3. The first kappa shape index (κ1) is 22.4. The van der Waals surface area contributed by atoms with Gasteiger partial charge < -0.3 is 19.1 Å². The number of hydrogen-bond donors (Lipinski definition) is 0. The maximum absolute atomic E-state index is 12.9. The summed E-state index contributed by atoms with van der Waals surface area (Å²) in [7, 11) is 0. The van der Waals surface area contributed by atoms with Crippen molar-refractivity contribution in [3.05, 3.63) is 71.8 Å². The van der Waals surface area contributed by atoms with Crippen molar-refractivity contribution in [1.29, 1.82) is 0 Å². The summed E-state index contributed by atoms with van der Waals surface area (Å²) < 4.78 is 18.0. The minimum absolute atomic E-state index is 0.0147. The lowest BCUT2D eigenvalue weighted by molar-refractivity contribution is -0.184. The Morgan fingerprint density at radius 2 is 1.58 bits per heavy atom. The number of amides is 1. The van der Waals surface area contributed by atoms with Crippen molar-refractivity contribution in [2.45, 2.75) is 63.3 Å². The molecule has 3 fully saturated rings. The van der Waals surface area contributed by atoms with E-state index in [1.165, 1.54) is 11.1 Å². The summed E-state index contributed by atoms with van der Waals surface area (Å²) in [6.07, 6.45) is 2.18. The molecule has 1 amide bonds. The molecule has 0 aliphatic carbocycles. The molecule has 3 aliphatic rings. The van der Waals surface area contributed by atoms with Gasteiger partial charge in [-0.15, -0.1) is 0 Å². The van der Waals surface area contributed by atoms with Crippen LogP contribution in [0.4, 0.5) is 4.79 Å². The monoisotopic (exact) mass is 450 g/mol. The Morgan fingerprint density at radius 3 is 2.15 bits per heavy atom. The zero-order chi connectivity index (χ0) is 22.8. The number of carbonyl (C=O) groups excluding carboxylic acids is 1. The van der Waals surface area contributed by atoms with E-state index in [1.807, 2.05) is 30.9 Å². The van der Waals surface area contributed by atoms with Crippen molar-refractivity contribution in [2.75, 3.05) is 26.2 Å². The molecule has 0 spiro atoms. The van der Waals surface area contributed by atoms with Crippen LogP contribution < -0.4 is 0 Å². The first-order valence-corrected chi connectivity index (χ1v) is 12.2. The number of piperazine rings is 1. The molecule has 2 aromatic carbocycles. The van der Waals surface area contributed by atoms with Crippen molar-refractivity contribution in [3.63, 3.8) is 0 Å². The predicted octanol–water partition coefficient (Wildman–Crippen LogP) is 4.60. The molecule has 2 aromatic rings. The van der Waals surface area contributed by atoms with Gasteiger partial charge >= 0.3 is 6.09 Å². The molecule has 3 heterocycles. The minimum Gasteiger partial charge on any atom is -0.444 e. The highest BCUT2D eigenvalue weighted by atomic mass is 16.8. The average Bonchev–Trinajstić information content (AvgIpc) is 3.08. The minimum atomic E-state index is -0.524. The summed E-state index contributed by atoms with van der Waals surface area (Å²) in [5.74, 6) is -0.524. The highest BCUT2D eigenvalue weighted by Crippen LogP contribution is 2.41.